The minimum Gasteiger partial charge on any atom is -0.394 e. The standard InChI is InChI=1S/C12H17NO2S/c14-8-11-4-2-1-3-6-13(11)12(15)10-5-7-16-9-10/h5,7,9,11,14H,1-4,6,8H2. The fourth-order valence-corrected chi connectivity index (χ4v) is 2.82. The number of hydrogen-bond acceptors (Lipinski definition) is 3. The first-order valence-electron chi connectivity index (χ1n) is 5.77. The van der Waals surface area contributed by atoms with Crippen molar-refractivity contribution in [1.29, 1.82) is 0 Å². The fraction of sp³-hybridized carbons (Fsp3) is 0.583. The molecular formula is C12H17NO2S. The highest BCUT2D eigenvalue weighted by Crippen LogP contribution is 2.20. The lowest BCUT2D eigenvalue weighted by molar-refractivity contribution is 0.0600. The zero-order valence-corrected chi connectivity index (χ0v) is 10.1. The van der Waals surface area contributed by atoms with Gasteiger partial charge in [0.25, 0.3) is 5.91 Å². The third-order valence-electron chi connectivity index (χ3n) is 3.12. The summed E-state index contributed by atoms with van der Waals surface area (Å²) in [6, 6.07) is 1.86. The van der Waals surface area contributed by atoms with Gasteiger partial charge in [-0.05, 0) is 24.3 Å². The van der Waals surface area contributed by atoms with Crippen molar-refractivity contribution in [3.05, 3.63) is 22.4 Å². The second-order valence-corrected chi connectivity index (χ2v) is 4.98. The predicted molar refractivity (Wildman–Crippen MR) is 64.7 cm³/mol. The largest absolute Gasteiger partial charge is 0.394 e. The van der Waals surface area contributed by atoms with Gasteiger partial charge in [-0.25, -0.2) is 0 Å². The number of hydrogen-bond donors (Lipinski definition) is 1. The highest BCUT2D eigenvalue weighted by Gasteiger charge is 2.25. The number of amides is 1. The van der Waals surface area contributed by atoms with E-state index in [1.807, 2.05) is 21.7 Å². The number of aliphatic hydroxyl groups is 1. The van der Waals surface area contributed by atoms with Gasteiger partial charge in [0.15, 0.2) is 0 Å². The molecule has 0 bridgehead atoms. The van der Waals surface area contributed by atoms with Crippen LogP contribution in [0, 0.1) is 0 Å². The molecule has 4 heteroatoms. The number of thiophene rings is 1. The topological polar surface area (TPSA) is 40.5 Å². The molecule has 1 amide bonds. The molecule has 1 fully saturated rings. The summed E-state index contributed by atoms with van der Waals surface area (Å²) in [4.78, 5) is 14.0. The maximum absolute atomic E-state index is 12.2. The number of likely N-dealkylation sites (tertiary alicyclic amines) is 1. The molecule has 1 aliphatic heterocycles. The van der Waals surface area contributed by atoms with Crippen LogP contribution in [0.25, 0.3) is 0 Å². The first kappa shape index (κ1) is 11.6. The predicted octanol–water partition coefficient (Wildman–Crippen LogP) is 2.13. The summed E-state index contributed by atoms with van der Waals surface area (Å²) in [6.07, 6.45) is 4.24. The van der Waals surface area contributed by atoms with E-state index in [0.717, 1.165) is 37.8 Å². The Hall–Kier alpha value is -0.870. The molecule has 16 heavy (non-hydrogen) atoms. The molecule has 1 aromatic rings. The van der Waals surface area contributed by atoms with Gasteiger partial charge < -0.3 is 10.0 Å². The Morgan fingerprint density at radius 3 is 3.06 bits per heavy atom. The van der Waals surface area contributed by atoms with Gasteiger partial charge in [-0.2, -0.15) is 11.3 Å². The highest BCUT2D eigenvalue weighted by molar-refractivity contribution is 7.08. The summed E-state index contributed by atoms with van der Waals surface area (Å²) in [5, 5.41) is 13.1. The molecule has 0 aromatic carbocycles. The van der Waals surface area contributed by atoms with E-state index in [2.05, 4.69) is 0 Å². The van der Waals surface area contributed by atoms with Crippen molar-refractivity contribution in [2.75, 3.05) is 13.2 Å². The van der Waals surface area contributed by atoms with Gasteiger partial charge >= 0.3 is 0 Å². The molecule has 2 heterocycles. The second kappa shape index (κ2) is 5.46. The Balaban J connectivity index is 2.13. The number of carbonyl (C=O) groups excluding carboxylic acids is 1. The Bertz CT molecular complexity index is 337. The minimum absolute atomic E-state index is 0.00917. The third-order valence-corrected chi connectivity index (χ3v) is 3.80. The summed E-state index contributed by atoms with van der Waals surface area (Å²) >= 11 is 1.54. The Morgan fingerprint density at radius 2 is 2.38 bits per heavy atom. The lowest BCUT2D eigenvalue weighted by atomic mass is 10.1. The lowest BCUT2D eigenvalue weighted by Gasteiger charge is -2.28. The molecule has 1 N–H and O–H groups in total. The van der Waals surface area contributed by atoms with Crippen molar-refractivity contribution in [3.8, 4) is 0 Å². The van der Waals surface area contributed by atoms with E-state index in [-0.39, 0.29) is 18.6 Å². The summed E-state index contributed by atoms with van der Waals surface area (Å²) in [5.74, 6) is 0.0715. The average Bonchev–Trinajstić information content (AvgIpc) is 2.73. The average molecular weight is 239 g/mol. The number of nitrogens with zero attached hydrogens (tertiary/aromatic N) is 1. The normalized spacial score (nSPS) is 21.8. The molecule has 1 aromatic heterocycles. The van der Waals surface area contributed by atoms with Crippen molar-refractivity contribution >= 4 is 17.2 Å². The summed E-state index contributed by atoms with van der Waals surface area (Å²) in [7, 11) is 0. The van der Waals surface area contributed by atoms with Gasteiger partial charge in [0, 0.05) is 11.9 Å². The van der Waals surface area contributed by atoms with Crippen LogP contribution in [0.4, 0.5) is 0 Å². The lowest BCUT2D eigenvalue weighted by Crippen LogP contribution is -2.41. The molecule has 2 rings (SSSR count). The van der Waals surface area contributed by atoms with Crippen molar-refractivity contribution in [3.63, 3.8) is 0 Å². The van der Waals surface area contributed by atoms with E-state index in [1.165, 1.54) is 11.3 Å². The van der Waals surface area contributed by atoms with Crippen molar-refractivity contribution in [1.82, 2.24) is 4.90 Å². The van der Waals surface area contributed by atoms with Crippen LogP contribution in [-0.4, -0.2) is 35.1 Å². The SMILES string of the molecule is O=C(c1ccsc1)N1CCCCCC1CO. The number of carbonyl (C=O) groups is 1. The molecule has 0 saturated carbocycles. The van der Waals surface area contributed by atoms with Gasteiger partial charge in [-0.3, -0.25) is 4.79 Å². The van der Waals surface area contributed by atoms with E-state index < -0.39 is 0 Å². The second-order valence-electron chi connectivity index (χ2n) is 4.20. The Kier molecular flexibility index (Phi) is 3.96. The van der Waals surface area contributed by atoms with Gasteiger partial charge in [0.05, 0.1) is 18.2 Å². The first-order valence-corrected chi connectivity index (χ1v) is 6.71. The fourth-order valence-electron chi connectivity index (χ4n) is 2.19. The van der Waals surface area contributed by atoms with Crippen molar-refractivity contribution in [2.24, 2.45) is 0 Å². The zero-order chi connectivity index (χ0) is 11.4. The smallest absolute Gasteiger partial charge is 0.255 e. The quantitative estimate of drug-likeness (QED) is 0.859. The van der Waals surface area contributed by atoms with Gasteiger partial charge in [-0.1, -0.05) is 12.8 Å². The van der Waals surface area contributed by atoms with E-state index in [0.29, 0.717) is 0 Å². The van der Waals surface area contributed by atoms with E-state index >= 15 is 0 Å². The van der Waals surface area contributed by atoms with Crippen LogP contribution in [-0.2, 0) is 0 Å². The van der Waals surface area contributed by atoms with Crippen LogP contribution in [0.3, 0.4) is 0 Å². The van der Waals surface area contributed by atoms with Crippen LogP contribution in [0.2, 0.25) is 0 Å². The highest BCUT2D eigenvalue weighted by atomic mass is 32.1. The molecule has 1 atom stereocenters. The van der Waals surface area contributed by atoms with E-state index in [4.69, 9.17) is 0 Å². The zero-order valence-electron chi connectivity index (χ0n) is 9.26. The molecule has 1 unspecified atom stereocenters. The summed E-state index contributed by atoms with van der Waals surface area (Å²) < 4.78 is 0. The van der Waals surface area contributed by atoms with Crippen LogP contribution in [0.15, 0.2) is 16.8 Å². The van der Waals surface area contributed by atoms with Crippen LogP contribution >= 0.6 is 11.3 Å². The Morgan fingerprint density at radius 1 is 1.50 bits per heavy atom. The maximum atomic E-state index is 12.2. The molecule has 3 nitrogen and oxygen atoms in total. The molecule has 1 aliphatic rings. The number of aliphatic hydroxyl groups excluding tert-OH is 1. The van der Waals surface area contributed by atoms with Crippen LogP contribution in [0.5, 0.6) is 0 Å². The molecule has 1 saturated heterocycles. The maximum Gasteiger partial charge on any atom is 0.255 e. The monoisotopic (exact) mass is 239 g/mol. The molecule has 88 valence electrons. The molecule has 0 aliphatic carbocycles. The van der Waals surface area contributed by atoms with Gasteiger partial charge in [-0.15, -0.1) is 0 Å². The molecule has 0 radical (unpaired) electrons. The first-order chi connectivity index (χ1) is 7.83. The van der Waals surface area contributed by atoms with Gasteiger partial charge in [0.2, 0.25) is 0 Å². The van der Waals surface area contributed by atoms with Crippen LogP contribution < -0.4 is 0 Å². The summed E-state index contributed by atoms with van der Waals surface area (Å²) in [5.41, 5.74) is 0.755. The van der Waals surface area contributed by atoms with Crippen LogP contribution in [0.1, 0.15) is 36.0 Å². The molecular weight excluding hydrogens is 222 g/mol. The van der Waals surface area contributed by atoms with Crippen molar-refractivity contribution < 1.29 is 9.90 Å². The number of rotatable bonds is 2. The van der Waals surface area contributed by atoms with Crippen molar-refractivity contribution in [2.45, 2.75) is 31.7 Å². The van der Waals surface area contributed by atoms with E-state index in [1.54, 1.807) is 0 Å². The Labute approximate surface area is 99.7 Å². The molecule has 0 spiro atoms. The van der Waals surface area contributed by atoms with Gasteiger partial charge in [0.1, 0.15) is 0 Å². The minimum atomic E-state index is 0.00917. The van der Waals surface area contributed by atoms with E-state index in [9.17, 15) is 9.90 Å². The third kappa shape index (κ3) is 2.44. The summed E-state index contributed by atoms with van der Waals surface area (Å²) in [6.45, 7) is 0.857.